The summed E-state index contributed by atoms with van der Waals surface area (Å²) < 4.78 is 0. The van der Waals surface area contributed by atoms with E-state index in [-0.39, 0.29) is 58.2 Å². The summed E-state index contributed by atoms with van der Waals surface area (Å²) in [6, 6.07) is 8.43. The van der Waals surface area contributed by atoms with Crippen LogP contribution < -0.4 is 63.5 Å². The molecule has 3 rings (SSSR count). The summed E-state index contributed by atoms with van der Waals surface area (Å²) in [5, 5.41) is 3.38. The minimum Gasteiger partial charge on any atom is -0.343 e. The Morgan fingerprint density at radius 2 is 2.20 bits per heavy atom. The first-order chi connectivity index (χ1) is 6.93. The Kier molecular flexibility index (Phi) is 4.13. The number of hydrogen-bond acceptors (Lipinski definition) is 2. The molecule has 1 aromatic carbocycles. The molecule has 1 atom stereocenters. The number of rotatable bonds is 1. The van der Waals surface area contributed by atoms with Gasteiger partial charge in [0.15, 0.2) is 0 Å². The molecule has 1 aromatic heterocycles. The van der Waals surface area contributed by atoms with Crippen LogP contribution in [0.15, 0.2) is 24.3 Å². The minimum atomic E-state index is 0. The van der Waals surface area contributed by atoms with Crippen molar-refractivity contribution in [2.75, 3.05) is 6.54 Å². The molecule has 1 saturated heterocycles. The Bertz CT molecular complexity index is 413. The van der Waals surface area contributed by atoms with Crippen LogP contribution in [-0.4, -0.2) is 16.5 Å². The van der Waals surface area contributed by atoms with Gasteiger partial charge in [-0.05, 0) is 18.7 Å². The standard InChI is InChI=1S/C11H12N3.Rb/c1-2-5-9-8(4-1)13-11(14-9)10-6-3-7-12-10;/h1-2,4-6,10,12H,3,7H2,(H,13,14);/q-1;+1. The van der Waals surface area contributed by atoms with Crippen molar-refractivity contribution in [3.63, 3.8) is 0 Å². The van der Waals surface area contributed by atoms with Crippen molar-refractivity contribution in [1.82, 2.24) is 15.3 Å². The molecule has 15 heavy (non-hydrogen) atoms. The van der Waals surface area contributed by atoms with Crippen molar-refractivity contribution >= 4 is 11.0 Å². The number of imidazole rings is 1. The number of H-pyrrole nitrogens is 1. The van der Waals surface area contributed by atoms with E-state index in [0.29, 0.717) is 6.04 Å². The van der Waals surface area contributed by atoms with Crippen molar-refractivity contribution in [2.24, 2.45) is 0 Å². The molecule has 0 spiro atoms. The van der Waals surface area contributed by atoms with E-state index < -0.39 is 0 Å². The number of benzene rings is 1. The SMILES string of the molecule is [Rb+].c1ccc2[nH]c(C3[CH-]CCN3)nc2c1. The first kappa shape index (κ1) is 11.9. The van der Waals surface area contributed by atoms with Crippen molar-refractivity contribution in [2.45, 2.75) is 12.5 Å². The van der Waals surface area contributed by atoms with Gasteiger partial charge in [-0.25, -0.2) is 4.98 Å². The van der Waals surface area contributed by atoms with Crippen LogP contribution in [-0.2, 0) is 0 Å². The molecule has 0 bridgehead atoms. The Labute approximate surface area is 138 Å². The van der Waals surface area contributed by atoms with Gasteiger partial charge < -0.3 is 16.7 Å². The number of fused-ring (bicyclic) bond motifs is 1. The third-order valence-corrected chi connectivity index (χ3v) is 2.61. The van der Waals surface area contributed by atoms with Crippen LogP contribution in [0.2, 0.25) is 0 Å². The number of aromatic nitrogens is 2. The molecule has 1 unspecified atom stereocenters. The van der Waals surface area contributed by atoms with E-state index >= 15 is 0 Å². The van der Waals surface area contributed by atoms with Gasteiger partial charge in [0.05, 0.1) is 16.9 Å². The average Bonchev–Trinajstić information content (AvgIpc) is 2.86. The Morgan fingerprint density at radius 1 is 1.33 bits per heavy atom. The summed E-state index contributed by atoms with van der Waals surface area (Å²) in [5.41, 5.74) is 2.16. The summed E-state index contributed by atoms with van der Waals surface area (Å²) in [6.07, 6.45) is 3.39. The fourth-order valence-corrected chi connectivity index (χ4v) is 1.90. The number of para-hydroxylation sites is 2. The van der Waals surface area contributed by atoms with Crippen LogP contribution in [0.5, 0.6) is 0 Å². The maximum absolute atomic E-state index is 4.55. The van der Waals surface area contributed by atoms with Crippen molar-refractivity contribution in [3.05, 3.63) is 36.5 Å². The number of hydrogen-bond donors (Lipinski definition) is 2. The average molecular weight is 272 g/mol. The van der Waals surface area contributed by atoms with Gasteiger partial charge in [-0.3, -0.25) is 0 Å². The molecule has 4 heteroatoms. The van der Waals surface area contributed by atoms with E-state index in [4.69, 9.17) is 0 Å². The number of nitrogens with one attached hydrogen (secondary N) is 2. The van der Waals surface area contributed by atoms with E-state index in [2.05, 4.69) is 27.8 Å². The molecule has 0 aliphatic carbocycles. The van der Waals surface area contributed by atoms with Gasteiger partial charge >= 0.3 is 58.2 Å². The molecule has 1 aliphatic rings. The second kappa shape index (κ2) is 5.19. The van der Waals surface area contributed by atoms with Gasteiger partial charge in [0.2, 0.25) is 0 Å². The molecule has 0 radical (unpaired) electrons. The smallest absolute Gasteiger partial charge is 0.343 e. The van der Waals surface area contributed by atoms with E-state index in [1.54, 1.807) is 0 Å². The molecular weight excluding hydrogens is 260 g/mol. The molecule has 2 heterocycles. The second-order valence-electron chi connectivity index (χ2n) is 3.60. The Hall–Kier alpha value is 0.455. The first-order valence-electron chi connectivity index (χ1n) is 4.95. The molecule has 72 valence electrons. The van der Waals surface area contributed by atoms with Gasteiger partial charge in [-0.2, -0.15) is 6.42 Å². The maximum atomic E-state index is 4.55. The maximum Gasteiger partial charge on any atom is 1.00 e. The van der Waals surface area contributed by atoms with Gasteiger partial charge in [-0.15, -0.1) is 0 Å². The zero-order valence-corrected chi connectivity index (χ0v) is 13.7. The summed E-state index contributed by atoms with van der Waals surface area (Å²) in [4.78, 5) is 7.88. The largest absolute Gasteiger partial charge is 1.00 e. The van der Waals surface area contributed by atoms with Crippen LogP contribution in [0.4, 0.5) is 0 Å². The molecule has 0 amide bonds. The zero-order chi connectivity index (χ0) is 9.38. The molecule has 1 aliphatic heterocycles. The Balaban J connectivity index is 0.000000853. The molecule has 3 nitrogen and oxygen atoms in total. The van der Waals surface area contributed by atoms with Gasteiger partial charge in [0.25, 0.3) is 0 Å². The van der Waals surface area contributed by atoms with E-state index in [0.717, 1.165) is 29.8 Å². The third-order valence-electron chi connectivity index (χ3n) is 2.61. The van der Waals surface area contributed by atoms with Crippen molar-refractivity contribution < 1.29 is 58.2 Å². The van der Waals surface area contributed by atoms with Gasteiger partial charge in [0.1, 0.15) is 0 Å². The van der Waals surface area contributed by atoms with Crippen LogP contribution in [0.25, 0.3) is 11.0 Å². The van der Waals surface area contributed by atoms with Gasteiger partial charge in [0, 0.05) is 0 Å². The van der Waals surface area contributed by atoms with Crippen LogP contribution >= 0.6 is 0 Å². The van der Waals surface area contributed by atoms with Crippen LogP contribution in [0.3, 0.4) is 0 Å². The topological polar surface area (TPSA) is 40.7 Å². The quantitative estimate of drug-likeness (QED) is 0.640. The summed E-state index contributed by atoms with van der Waals surface area (Å²) in [5.74, 6) is 1.03. The Morgan fingerprint density at radius 3 is 2.93 bits per heavy atom. The summed E-state index contributed by atoms with van der Waals surface area (Å²) in [7, 11) is 0. The summed E-state index contributed by atoms with van der Waals surface area (Å²) >= 11 is 0. The number of nitrogens with zero attached hydrogens (tertiary/aromatic N) is 1. The van der Waals surface area contributed by atoms with Crippen molar-refractivity contribution in [3.8, 4) is 0 Å². The van der Waals surface area contributed by atoms with E-state index in [1.807, 2.05) is 18.2 Å². The molecule has 2 aromatic rings. The fourth-order valence-electron chi connectivity index (χ4n) is 1.90. The van der Waals surface area contributed by atoms with Crippen LogP contribution in [0.1, 0.15) is 18.3 Å². The van der Waals surface area contributed by atoms with Crippen molar-refractivity contribution in [1.29, 1.82) is 0 Å². The molecule has 1 fully saturated rings. The second-order valence-corrected chi connectivity index (χ2v) is 3.60. The minimum absolute atomic E-state index is 0. The monoisotopic (exact) mass is 271 g/mol. The zero-order valence-electron chi connectivity index (χ0n) is 8.83. The third kappa shape index (κ3) is 2.42. The van der Waals surface area contributed by atoms with E-state index in [1.165, 1.54) is 0 Å². The summed E-state index contributed by atoms with van der Waals surface area (Å²) in [6.45, 7) is 1.06. The van der Waals surface area contributed by atoms with E-state index in [9.17, 15) is 0 Å². The molecule has 2 N–H and O–H groups in total. The predicted octanol–water partition coefficient (Wildman–Crippen LogP) is -1.19. The normalized spacial score (nSPS) is 20.4. The molecular formula is C11H12N3Rb. The molecule has 0 saturated carbocycles. The predicted molar refractivity (Wildman–Crippen MR) is 55.8 cm³/mol. The van der Waals surface area contributed by atoms with Crippen LogP contribution in [0, 0.1) is 6.42 Å². The fraction of sp³-hybridized carbons (Fsp3) is 0.273. The first-order valence-corrected chi connectivity index (χ1v) is 4.95. The number of aromatic amines is 1. The van der Waals surface area contributed by atoms with Gasteiger partial charge in [-0.1, -0.05) is 18.2 Å².